The van der Waals surface area contributed by atoms with Gasteiger partial charge in [0.15, 0.2) is 0 Å². The molecule has 0 atom stereocenters. The summed E-state index contributed by atoms with van der Waals surface area (Å²) >= 11 is 0. The summed E-state index contributed by atoms with van der Waals surface area (Å²) in [6.45, 7) is 4.12. The first-order valence-corrected chi connectivity index (χ1v) is 10.2. The molecular weight excluding hydrogens is 398 g/mol. The Labute approximate surface area is 169 Å². The molecule has 0 aliphatic rings. The zero-order chi connectivity index (χ0) is 21.6. The highest BCUT2D eigenvalue weighted by Crippen LogP contribution is 2.24. The molecule has 0 fully saturated rings. The molecule has 0 radical (unpaired) electrons. The van der Waals surface area contributed by atoms with Gasteiger partial charge in [-0.3, -0.25) is 10.1 Å². The molecule has 29 heavy (non-hydrogen) atoms. The second-order valence-corrected chi connectivity index (χ2v) is 8.12. The molecule has 156 valence electrons. The van der Waals surface area contributed by atoms with Gasteiger partial charge in [-0.15, -0.1) is 0 Å². The lowest BCUT2D eigenvalue weighted by molar-refractivity contribution is 0.102. The third-order valence-corrected chi connectivity index (χ3v) is 4.57. The summed E-state index contributed by atoms with van der Waals surface area (Å²) in [5.41, 5.74) is 0.787. The summed E-state index contributed by atoms with van der Waals surface area (Å²) in [4.78, 5) is 24.2. The predicted octanol–water partition coefficient (Wildman–Crippen LogP) is 2.80. The van der Waals surface area contributed by atoms with E-state index in [9.17, 15) is 18.0 Å². The third kappa shape index (κ3) is 6.47. The van der Waals surface area contributed by atoms with E-state index in [4.69, 9.17) is 14.6 Å². The van der Waals surface area contributed by atoms with Crippen LogP contribution in [0.2, 0.25) is 0 Å². The number of nitrogens with two attached hydrogens (primary N) is 1. The number of rotatable bonds is 7. The van der Waals surface area contributed by atoms with Crippen LogP contribution >= 0.6 is 0 Å². The van der Waals surface area contributed by atoms with Gasteiger partial charge in [0.2, 0.25) is 10.0 Å². The van der Waals surface area contributed by atoms with Gasteiger partial charge in [-0.1, -0.05) is 19.9 Å². The van der Waals surface area contributed by atoms with Gasteiger partial charge in [-0.05, 0) is 42.3 Å². The van der Waals surface area contributed by atoms with Crippen LogP contribution in [-0.4, -0.2) is 34.1 Å². The van der Waals surface area contributed by atoms with Gasteiger partial charge in [0.25, 0.3) is 5.91 Å². The van der Waals surface area contributed by atoms with Gasteiger partial charge in [0.1, 0.15) is 5.75 Å². The summed E-state index contributed by atoms with van der Waals surface area (Å²) in [7, 11) is -2.63. The molecule has 0 aliphatic carbocycles. The largest absolute Gasteiger partial charge is 0.496 e. The molecule has 0 saturated heterocycles. The number of hydrogen-bond donors (Lipinski definition) is 3. The molecule has 0 heterocycles. The number of amides is 2. The SMILES string of the molecule is COc1ccc(S(N)(=O)=O)cc1C(=O)Nc1cccc(NC(=O)OCC(C)C)c1. The Morgan fingerprint density at radius 3 is 2.31 bits per heavy atom. The monoisotopic (exact) mass is 421 g/mol. The van der Waals surface area contributed by atoms with Crippen molar-refractivity contribution in [3.63, 3.8) is 0 Å². The van der Waals surface area contributed by atoms with Crippen molar-refractivity contribution < 1.29 is 27.5 Å². The number of carbonyl (C=O) groups is 2. The lowest BCUT2D eigenvalue weighted by atomic mass is 10.1. The van der Waals surface area contributed by atoms with E-state index in [1.807, 2.05) is 13.8 Å². The van der Waals surface area contributed by atoms with E-state index >= 15 is 0 Å². The van der Waals surface area contributed by atoms with E-state index in [-0.39, 0.29) is 28.7 Å². The van der Waals surface area contributed by atoms with Crippen LogP contribution in [0, 0.1) is 5.92 Å². The number of sulfonamides is 1. The van der Waals surface area contributed by atoms with E-state index in [2.05, 4.69) is 10.6 Å². The van der Waals surface area contributed by atoms with Crippen molar-refractivity contribution in [2.45, 2.75) is 18.7 Å². The molecular formula is C19H23N3O6S. The highest BCUT2D eigenvalue weighted by molar-refractivity contribution is 7.89. The van der Waals surface area contributed by atoms with Crippen molar-refractivity contribution in [3.05, 3.63) is 48.0 Å². The maximum Gasteiger partial charge on any atom is 0.411 e. The van der Waals surface area contributed by atoms with Crippen molar-refractivity contribution in [3.8, 4) is 5.75 Å². The smallest absolute Gasteiger partial charge is 0.411 e. The number of primary sulfonamides is 1. The molecule has 0 saturated carbocycles. The average molecular weight is 421 g/mol. The number of methoxy groups -OCH3 is 1. The summed E-state index contributed by atoms with van der Waals surface area (Å²) in [6, 6.07) is 10.1. The molecule has 0 spiro atoms. The summed E-state index contributed by atoms with van der Waals surface area (Å²) in [5.74, 6) is -0.220. The van der Waals surface area contributed by atoms with Gasteiger partial charge in [-0.2, -0.15) is 0 Å². The van der Waals surface area contributed by atoms with E-state index in [1.54, 1.807) is 18.2 Å². The maximum absolute atomic E-state index is 12.6. The van der Waals surface area contributed by atoms with Crippen LogP contribution in [0.4, 0.5) is 16.2 Å². The topological polar surface area (TPSA) is 137 Å². The molecule has 10 heteroatoms. The molecule has 0 unspecified atom stereocenters. The fourth-order valence-electron chi connectivity index (χ4n) is 2.31. The van der Waals surface area contributed by atoms with Crippen molar-refractivity contribution in [2.75, 3.05) is 24.4 Å². The average Bonchev–Trinajstić information content (AvgIpc) is 2.65. The van der Waals surface area contributed by atoms with Gasteiger partial charge >= 0.3 is 6.09 Å². The van der Waals surface area contributed by atoms with Crippen molar-refractivity contribution in [1.82, 2.24) is 0 Å². The quantitative estimate of drug-likeness (QED) is 0.629. The van der Waals surface area contributed by atoms with E-state index in [0.717, 1.165) is 6.07 Å². The van der Waals surface area contributed by atoms with Gasteiger partial charge in [-0.25, -0.2) is 18.4 Å². The van der Waals surface area contributed by atoms with E-state index in [0.29, 0.717) is 11.4 Å². The lowest BCUT2D eigenvalue weighted by Crippen LogP contribution is -2.18. The van der Waals surface area contributed by atoms with Crippen LogP contribution in [0.25, 0.3) is 0 Å². The van der Waals surface area contributed by atoms with E-state index in [1.165, 1.54) is 25.3 Å². The number of hydrogen-bond acceptors (Lipinski definition) is 6. The molecule has 2 aromatic carbocycles. The number of ether oxygens (including phenoxy) is 2. The molecule has 0 bridgehead atoms. The van der Waals surface area contributed by atoms with Crippen LogP contribution in [0.3, 0.4) is 0 Å². The van der Waals surface area contributed by atoms with Crippen molar-refractivity contribution in [2.24, 2.45) is 11.1 Å². The summed E-state index contributed by atoms with van der Waals surface area (Å²) in [5, 5.41) is 10.3. The highest BCUT2D eigenvalue weighted by atomic mass is 32.2. The third-order valence-electron chi connectivity index (χ3n) is 3.66. The fourth-order valence-corrected chi connectivity index (χ4v) is 2.85. The van der Waals surface area contributed by atoms with Crippen molar-refractivity contribution in [1.29, 1.82) is 0 Å². The Balaban J connectivity index is 2.18. The van der Waals surface area contributed by atoms with Crippen LogP contribution < -0.4 is 20.5 Å². The number of anilines is 2. The summed E-state index contributed by atoms with van der Waals surface area (Å²) < 4.78 is 33.3. The minimum atomic E-state index is -3.99. The Morgan fingerprint density at radius 1 is 1.07 bits per heavy atom. The predicted molar refractivity (Wildman–Crippen MR) is 109 cm³/mol. The Bertz CT molecular complexity index is 1000. The van der Waals surface area contributed by atoms with Crippen LogP contribution in [0.5, 0.6) is 5.75 Å². The van der Waals surface area contributed by atoms with Gasteiger partial charge in [0.05, 0.1) is 24.2 Å². The second kappa shape index (κ2) is 9.39. The summed E-state index contributed by atoms with van der Waals surface area (Å²) in [6.07, 6.45) is -0.607. The van der Waals surface area contributed by atoms with Crippen molar-refractivity contribution >= 4 is 33.4 Å². The fraction of sp³-hybridized carbons (Fsp3) is 0.263. The molecule has 0 aliphatic heterocycles. The zero-order valence-corrected chi connectivity index (χ0v) is 17.1. The first kappa shape index (κ1) is 22.2. The number of nitrogens with one attached hydrogen (secondary N) is 2. The van der Waals surface area contributed by atoms with Gasteiger partial charge in [0, 0.05) is 11.4 Å². The Morgan fingerprint density at radius 2 is 1.72 bits per heavy atom. The zero-order valence-electron chi connectivity index (χ0n) is 16.3. The van der Waals surface area contributed by atoms with Crippen LogP contribution in [0.15, 0.2) is 47.4 Å². The standard InChI is InChI=1S/C19H23N3O6S/c1-12(2)11-28-19(24)22-14-6-4-5-13(9-14)21-18(23)16-10-15(29(20,25)26)7-8-17(16)27-3/h4-10,12H,11H2,1-3H3,(H,21,23)(H,22,24)(H2,20,25,26). The van der Waals surface area contributed by atoms with E-state index < -0.39 is 22.0 Å². The molecule has 2 rings (SSSR count). The molecule has 2 amide bonds. The molecule has 2 aromatic rings. The molecule has 0 aromatic heterocycles. The van der Waals surface area contributed by atoms with Crippen LogP contribution in [-0.2, 0) is 14.8 Å². The lowest BCUT2D eigenvalue weighted by Gasteiger charge is -2.12. The number of carbonyl (C=O) groups excluding carboxylic acids is 2. The Kier molecular flexibility index (Phi) is 7.18. The number of benzene rings is 2. The van der Waals surface area contributed by atoms with Gasteiger partial charge < -0.3 is 14.8 Å². The first-order chi connectivity index (χ1) is 13.6. The molecule has 4 N–H and O–H groups in total. The Hall–Kier alpha value is -3.11. The minimum absolute atomic E-state index is 0.00581. The molecule has 9 nitrogen and oxygen atoms in total. The first-order valence-electron chi connectivity index (χ1n) is 8.66. The highest BCUT2D eigenvalue weighted by Gasteiger charge is 2.18. The second-order valence-electron chi connectivity index (χ2n) is 6.56. The minimum Gasteiger partial charge on any atom is -0.496 e. The van der Waals surface area contributed by atoms with Crippen LogP contribution in [0.1, 0.15) is 24.2 Å². The maximum atomic E-state index is 12.6. The normalized spacial score (nSPS) is 11.1.